The number of nitrogens with zero attached hydrogens (tertiary/aromatic N) is 4. The Bertz CT molecular complexity index is 463. The number of pyridine rings is 1. The first-order valence-corrected chi connectivity index (χ1v) is 6.25. The van der Waals surface area contributed by atoms with Gasteiger partial charge in [-0.25, -0.2) is 0 Å². The second-order valence-corrected chi connectivity index (χ2v) is 4.62. The summed E-state index contributed by atoms with van der Waals surface area (Å²) in [6.07, 6.45) is 6.59. The summed E-state index contributed by atoms with van der Waals surface area (Å²) in [7, 11) is 0. The number of hydrogen-bond donors (Lipinski definition) is 1. The van der Waals surface area contributed by atoms with E-state index >= 15 is 0 Å². The SMILES string of the molecule is CC(C)NCc1cn(CCc2cccnc2)nn1. The van der Waals surface area contributed by atoms with Gasteiger partial charge in [0.1, 0.15) is 0 Å². The quantitative estimate of drug-likeness (QED) is 0.836. The first kappa shape index (κ1) is 12.7. The highest BCUT2D eigenvalue weighted by atomic mass is 15.4. The van der Waals surface area contributed by atoms with Crippen LogP contribution in [-0.2, 0) is 19.5 Å². The molecule has 1 N–H and O–H groups in total. The fraction of sp³-hybridized carbons (Fsp3) is 0.462. The van der Waals surface area contributed by atoms with Gasteiger partial charge in [-0.15, -0.1) is 5.10 Å². The topological polar surface area (TPSA) is 55.6 Å². The van der Waals surface area contributed by atoms with Crippen molar-refractivity contribution in [3.8, 4) is 0 Å². The van der Waals surface area contributed by atoms with E-state index in [2.05, 4.69) is 40.5 Å². The lowest BCUT2D eigenvalue weighted by molar-refractivity contribution is 0.579. The molecule has 0 unspecified atom stereocenters. The normalized spacial score (nSPS) is 11.1. The minimum atomic E-state index is 0.463. The van der Waals surface area contributed by atoms with E-state index in [-0.39, 0.29) is 0 Å². The number of aromatic nitrogens is 4. The zero-order valence-corrected chi connectivity index (χ0v) is 10.9. The highest BCUT2D eigenvalue weighted by molar-refractivity contribution is 5.08. The highest BCUT2D eigenvalue weighted by Crippen LogP contribution is 2.00. The summed E-state index contributed by atoms with van der Waals surface area (Å²) in [5.41, 5.74) is 2.20. The Balaban J connectivity index is 1.83. The molecular formula is C13H19N5. The van der Waals surface area contributed by atoms with Crippen molar-refractivity contribution >= 4 is 0 Å². The van der Waals surface area contributed by atoms with Gasteiger partial charge >= 0.3 is 0 Å². The minimum absolute atomic E-state index is 0.463. The Morgan fingerprint density at radius 2 is 2.28 bits per heavy atom. The number of rotatable bonds is 6. The van der Waals surface area contributed by atoms with E-state index in [1.165, 1.54) is 5.56 Å². The third kappa shape index (κ3) is 3.92. The van der Waals surface area contributed by atoms with Crippen molar-refractivity contribution in [1.29, 1.82) is 0 Å². The number of hydrogen-bond acceptors (Lipinski definition) is 4. The molecule has 2 rings (SSSR count). The molecular weight excluding hydrogens is 226 g/mol. The third-order valence-corrected chi connectivity index (χ3v) is 2.63. The van der Waals surface area contributed by atoms with Crippen LogP contribution in [0.15, 0.2) is 30.7 Å². The Kier molecular flexibility index (Phi) is 4.41. The molecule has 18 heavy (non-hydrogen) atoms. The molecule has 2 aromatic heterocycles. The van der Waals surface area contributed by atoms with Gasteiger partial charge in [-0.2, -0.15) is 0 Å². The van der Waals surface area contributed by atoms with E-state index in [4.69, 9.17) is 0 Å². The molecule has 0 radical (unpaired) electrons. The average molecular weight is 245 g/mol. The van der Waals surface area contributed by atoms with Gasteiger partial charge < -0.3 is 5.32 Å². The van der Waals surface area contributed by atoms with Crippen molar-refractivity contribution in [1.82, 2.24) is 25.3 Å². The summed E-state index contributed by atoms with van der Waals surface area (Å²) < 4.78 is 1.88. The Morgan fingerprint density at radius 3 is 3.00 bits per heavy atom. The molecule has 0 aliphatic heterocycles. The van der Waals surface area contributed by atoms with Gasteiger partial charge in [0.25, 0.3) is 0 Å². The first-order chi connectivity index (χ1) is 8.74. The van der Waals surface area contributed by atoms with Crippen LogP contribution in [0.1, 0.15) is 25.1 Å². The molecule has 0 spiro atoms. The van der Waals surface area contributed by atoms with Crippen LogP contribution in [0.5, 0.6) is 0 Å². The van der Waals surface area contributed by atoms with E-state index < -0.39 is 0 Å². The van der Waals surface area contributed by atoms with E-state index in [1.54, 1.807) is 6.20 Å². The monoisotopic (exact) mass is 245 g/mol. The maximum absolute atomic E-state index is 4.14. The van der Waals surface area contributed by atoms with Crippen LogP contribution in [0.25, 0.3) is 0 Å². The van der Waals surface area contributed by atoms with Gasteiger partial charge in [-0.3, -0.25) is 9.67 Å². The van der Waals surface area contributed by atoms with Gasteiger partial charge in [-0.05, 0) is 18.1 Å². The van der Waals surface area contributed by atoms with E-state index in [1.807, 2.05) is 23.1 Å². The van der Waals surface area contributed by atoms with Crippen LogP contribution in [0, 0.1) is 0 Å². The van der Waals surface area contributed by atoms with Gasteiger partial charge in [0.15, 0.2) is 0 Å². The average Bonchev–Trinajstić information content (AvgIpc) is 2.83. The van der Waals surface area contributed by atoms with Crippen LogP contribution >= 0.6 is 0 Å². The van der Waals surface area contributed by atoms with Gasteiger partial charge in [-0.1, -0.05) is 25.1 Å². The van der Waals surface area contributed by atoms with Crippen LogP contribution in [0.2, 0.25) is 0 Å². The molecule has 0 aliphatic carbocycles. The lowest BCUT2D eigenvalue weighted by Gasteiger charge is -2.04. The lowest BCUT2D eigenvalue weighted by Crippen LogP contribution is -2.21. The fourth-order valence-corrected chi connectivity index (χ4v) is 1.63. The van der Waals surface area contributed by atoms with Gasteiger partial charge in [0, 0.05) is 37.7 Å². The van der Waals surface area contributed by atoms with Gasteiger partial charge in [0.05, 0.1) is 5.69 Å². The molecule has 96 valence electrons. The summed E-state index contributed by atoms with van der Waals surface area (Å²) in [5.74, 6) is 0. The highest BCUT2D eigenvalue weighted by Gasteiger charge is 2.02. The molecule has 0 atom stereocenters. The second kappa shape index (κ2) is 6.26. The van der Waals surface area contributed by atoms with Crippen LogP contribution < -0.4 is 5.32 Å². The van der Waals surface area contributed by atoms with Gasteiger partial charge in [0.2, 0.25) is 0 Å². The van der Waals surface area contributed by atoms with Crippen LogP contribution in [0.3, 0.4) is 0 Å². The molecule has 0 aromatic carbocycles. The van der Waals surface area contributed by atoms with Crippen molar-refractivity contribution in [2.45, 2.75) is 39.4 Å². The summed E-state index contributed by atoms with van der Waals surface area (Å²) in [5, 5.41) is 11.6. The molecule has 0 bridgehead atoms. The summed E-state index contributed by atoms with van der Waals surface area (Å²) in [6.45, 7) is 5.84. The predicted molar refractivity (Wildman–Crippen MR) is 69.9 cm³/mol. The molecule has 5 heteroatoms. The van der Waals surface area contributed by atoms with Crippen molar-refractivity contribution < 1.29 is 0 Å². The molecule has 0 fully saturated rings. The van der Waals surface area contributed by atoms with Crippen molar-refractivity contribution in [2.24, 2.45) is 0 Å². The second-order valence-electron chi connectivity index (χ2n) is 4.62. The Morgan fingerprint density at radius 1 is 1.39 bits per heavy atom. The largest absolute Gasteiger partial charge is 0.309 e. The zero-order chi connectivity index (χ0) is 12.8. The minimum Gasteiger partial charge on any atom is -0.309 e. The fourth-order valence-electron chi connectivity index (χ4n) is 1.63. The number of aryl methyl sites for hydroxylation is 2. The van der Waals surface area contributed by atoms with Crippen LogP contribution in [-0.4, -0.2) is 26.0 Å². The van der Waals surface area contributed by atoms with Crippen molar-refractivity contribution in [2.75, 3.05) is 0 Å². The van der Waals surface area contributed by atoms with Crippen molar-refractivity contribution in [3.05, 3.63) is 42.0 Å². The molecule has 0 saturated carbocycles. The van der Waals surface area contributed by atoms with Crippen molar-refractivity contribution in [3.63, 3.8) is 0 Å². The molecule has 0 saturated heterocycles. The number of nitrogens with one attached hydrogen (secondary N) is 1. The van der Waals surface area contributed by atoms with E-state index in [0.717, 1.165) is 25.2 Å². The molecule has 0 aliphatic rings. The first-order valence-electron chi connectivity index (χ1n) is 6.25. The maximum atomic E-state index is 4.14. The summed E-state index contributed by atoms with van der Waals surface area (Å²) >= 11 is 0. The smallest absolute Gasteiger partial charge is 0.0964 e. The zero-order valence-electron chi connectivity index (χ0n) is 10.9. The standard InChI is InChI=1S/C13H19N5/c1-11(2)15-9-13-10-18(17-16-13)7-5-12-4-3-6-14-8-12/h3-4,6,8,10-11,15H,5,7,9H2,1-2H3. The van der Waals surface area contributed by atoms with E-state index in [9.17, 15) is 0 Å². The molecule has 2 heterocycles. The lowest BCUT2D eigenvalue weighted by atomic mass is 10.2. The summed E-state index contributed by atoms with van der Waals surface area (Å²) in [6, 6.07) is 4.49. The molecule has 5 nitrogen and oxygen atoms in total. The summed E-state index contributed by atoms with van der Waals surface area (Å²) in [4.78, 5) is 4.10. The Labute approximate surface area is 107 Å². The third-order valence-electron chi connectivity index (χ3n) is 2.63. The maximum Gasteiger partial charge on any atom is 0.0964 e. The molecule has 2 aromatic rings. The van der Waals surface area contributed by atoms with Crippen LogP contribution in [0.4, 0.5) is 0 Å². The predicted octanol–water partition coefficient (Wildman–Crippen LogP) is 1.41. The van der Waals surface area contributed by atoms with E-state index in [0.29, 0.717) is 6.04 Å². The Hall–Kier alpha value is -1.75. The molecule has 0 amide bonds.